The first kappa shape index (κ1) is 20.3. The van der Waals surface area contributed by atoms with Crippen molar-refractivity contribution in [2.45, 2.75) is 25.6 Å². The standard InChI is InChI=1S/C25H22F2N2O3/c1-3-31-17-10-7-15(8-11-17)21-14-22-18-5-4-6-23(30-2)24(18)32-25(29(22)28-21)16-9-12-19(26)20(27)13-16/h4-13,22,25H,3,14H2,1-2H3/t22-,25+/m1/s1. The van der Waals surface area contributed by atoms with Gasteiger partial charge in [-0.25, -0.2) is 13.8 Å². The van der Waals surface area contributed by atoms with Gasteiger partial charge in [0.25, 0.3) is 0 Å². The highest BCUT2D eigenvalue weighted by atomic mass is 19.2. The molecule has 0 bridgehead atoms. The second kappa shape index (κ2) is 8.15. The van der Waals surface area contributed by atoms with Crippen molar-refractivity contribution in [2.24, 2.45) is 5.10 Å². The van der Waals surface area contributed by atoms with E-state index >= 15 is 0 Å². The Kier molecular flexibility index (Phi) is 5.17. The second-order valence-electron chi connectivity index (χ2n) is 7.63. The Balaban J connectivity index is 1.57. The van der Waals surface area contributed by atoms with Crippen molar-refractivity contribution in [2.75, 3.05) is 13.7 Å². The van der Waals surface area contributed by atoms with Crippen LogP contribution in [0.15, 0.2) is 65.8 Å². The summed E-state index contributed by atoms with van der Waals surface area (Å²) in [6, 6.07) is 17.1. The zero-order chi connectivity index (χ0) is 22.2. The van der Waals surface area contributed by atoms with Crippen molar-refractivity contribution in [1.29, 1.82) is 0 Å². The van der Waals surface area contributed by atoms with E-state index < -0.39 is 17.9 Å². The lowest BCUT2D eigenvalue weighted by atomic mass is 9.95. The molecule has 5 nitrogen and oxygen atoms in total. The van der Waals surface area contributed by atoms with E-state index in [1.165, 1.54) is 6.07 Å². The van der Waals surface area contributed by atoms with E-state index in [9.17, 15) is 8.78 Å². The number of methoxy groups -OCH3 is 1. The predicted molar refractivity (Wildman–Crippen MR) is 116 cm³/mol. The van der Waals surface area contributed by atoms with Crippen LogP contribution in [-0.4, -0.2) is 24.4 Å². The minimum atomic E-state index is -0.927. The molecule has 7 heteroatoms. The van der Waals surface area contributed by atoms with Crippen LogP contribution >= 0.6 is 0 Å². The van der Waals surface area contributed by atoms with Crippen molar-refractivity contribution in [3.8, 4) is 17.2 Å². The van der Waals surface area contributed by atoms with E-state index in [4.69, 9.17) is 19.3 Å². The first-order chi connectivity index (χ1) is 15.6. The number of rotatable bonds is 5. The normalized spacial score (nSPS) is 19.0. The van der Waals surface area contributed by atoms with E-state index in [1.807, 2.05) is 54.4 Å². The van der Waals surface area contributed by atoms with Gasteiger partial charge in [0.1, 0.15) is 5.75 Å². The number of hydrazone groups is 1. The van der Waals surface area contributed by atoms with E-state index in [0.717, 1.165) is 34.7 Å². The molecule has 0 saturated heterocycles. The summed E-state index contributed by atoms with van der Waals surface area (Å²) >= 11 is 0. The van der Waals surface area contributed by atoms with Crippen LogP contribution in [0.4, 0.5) is 8.78 Å². The van der Waals surface area contributed by atoms with Crippen LogP contribution in [0.2, 0.25) is 0 Å². The van der Waals surface area contributed by atoms with Crippen LogP contribution in [-0.2, 0) is 0 Å². The highest BCUT2D eigenvalue weighted by Gasteiger charge is 2.42. The summed E-state index contributed by atoms with van der Waals surface area (Å²) in [4.78, 5) is 0. The van der Waals surface area contributed by atoms with Gasteiger partial charge >= 0.3 is 0 Å². The first-order valence-electron chi connectivity index (χ1n) is 10.5. The van der Waals surface area contributed by atoms with Gasteiger partial charge < -0.3 is 14.2 Å². The van der Waals surface area contributed by atoms with Gasteiger partial charge in [0.05, 0.1) is 25.5 Å². The average molecular weight is 436 g/mol. The average Bonchev–Trinajstić information content (AvgIpc) is 3.26. The lowest BCUT2D eigenvalue weighted by Gasteiger charge is -2.38. The largest absolute Gasteiger partial charge is 0.494 e. The van der Waals surface area contributed by atoms with Gasteiger partial charge in [-0.1, -0.05) is 18.2 Å². The summed E-state index contributed by atoms with van der Waals surface area (Å²) in [6.45, 7) is 2.54. The molecule has 0 radical (unpaired) electrons. The third-order valence-corrected chi connectivity index (χ3v) is 5.73. The number of halogens is 2. The van der Waals surface area contributed by atoms with Crippen LogP contribution < -0.4 is 14.2 Å². The van der Waals surface area contributed by atoms with Crippen LogP contribution in [0, 0.1) is 11.6 Å². The van der Waals surface area contributed by atoms with E-state index in [-0.39, 0.29) is 6.04 Å². The van der Waals surface area contributed by atoms with Crippen molar-refractivity contribution in [1.82, 2.24) is 5.01 Å². The SMILES string of the molecule is CCOc1ccc(C2=NN3[C@H](C2)c2cccc(OC)c2O[C@H]3c2ccc(F)c(F)c2)cc1. The fourth-order valence-electron chi connectivity index (χ4n) is 4.22. The summed E-state index contributed by atoms with van der Waals surface area (Å²) in [6.07, 6.45) is -0.0865. The molecule has 0 aromatic heterocycles. The zero-order valence-corrected chi connectivity index (χ0v) is 17.7. The molecule has 0 unspecified atom stereocenters. The Labute approximate surface area is 184 Å². The number of nitrogens with zero attached hydrogens (tertiary/aromatic N) is 2. The lowest BCUT2D eigenvalue weighted by Crippen LogP contribution is -2.34. The molecule has 5 rings (SSSR count). The summed E-state index contributed by atoms with van der Waals surface area (Å²) in [5.41, 5.74) is 3.26. The van der Waals surface area contributed by atoms with Gasteiger partial charge in [-0.05, 0) is 55.0 Å². The van der Waals surface area contributed by atoms with Gasteiger partial charge in [-0.15, -0.1) is 0 Å². The molecule has 2 atom stereocenters. The molecular formula is C25H22F2N2O3. The molecule has 0 N–H and O–H groups in total. The lowest BCUT2D eigenvalue weighted by molar-refractivity contribution is -0.0211. The fraction of sp³-hybridized carbons (Fsp3) is 0.240. The van der Waals surface area contributed by atoms with Crippen molar-refractivity contribution in [3.63, 3.8) is 0 Å². The van der Waals surface area contributed by atoms with Gasteiger partial charge in [0.15, 0.2) is 23.1 Å². The highest BCUT2D eigenvalue weighted by Crippen LogP contribution is 2.50. The fourth-order valence-corrected chi connectivity index (χ4v) is 4.22. The Bertz CT molecular complexity index is 1180. The van der Waals surface area contributed by atoms with E-state index in [1.54, 1.807) is 7.11 Å². The van der Waals surface area contributed by atoms with E-state index in [0.29, 0.717) is 30.1 Å². The quantitative estimate of drug-likeness (QED) is 0.521. The predicted octanol–water partition coefficient (Wildman–Crippen LogP) is 5.61. The molecule has 0 fully saturated rings. The molecule has 0 aliphatic carbocycles. The third kappa shape index (κ3) is 3.43. The highest BCUT2D eigenvalue weighted by molar-refractivity contribution is 6.02. The number of hydrogen-bond acceptors (Lipinski definition) is 5. The smallest absolute Gasteiger partial charge is 0.214 e. The number of benzene rings is 3. The molecule has 32 heavy (non-hydrogen) atoms. The Morgan fingerprint density at radius 3 is 2.59 bits per heavy atom. The molecular weight excluding hydrogens is 414 g/mol. The molecule has 3 aromatic carbocycles. The number of para-hydroxylation sites is 1. The van der Waals surface area contributed by atoms with Crippen molar-refractivity contribution >= 4 is 5.71 Å². The van der Waals surface area contributed by atoms with Crippen LogP contribution in [0.3, 0.4) is 0 Å². The third-order valence-electron chi connectivity index (χ3n) is 5.73. The van der Waals surface area contributed by atoms with Crippen LogP contribution in [0.5, 0.6) is 17.2 Å². The minimum Gasteiger partial charge on any atom is -0.494 e. The minimum absolute atomic E-state index is 0.131. The molecule has 2 aliphatic heterocycles. The monoisotopic (exact) mass is 436 g/mol. The Morgan fingerprint density at radius 2 is 1.88 bits per heavy atom. The van der Waals surface area contributed by atoms with Gasteiger partial charge in [-0.3, -0.25) is 0 Å². The van der Waals surface area contributed by atoms with Crippen LogP contribution in [0.1, 0.15) is 42.3 Å². The number of hydrogen-bond donors (Lipinski definition) is 0. The molecule has 0 saturated carbocycles. The summed E-state index contributed by atoms with van der Waals surface area (Å²) < 4.78 is 44.9. The molecule has 2 heterocycles. The number of fused-ring (bicyclic) bond motifs is 3. The molecule has 2 aliphatic rings. The maximum atomic E-state index is 14.0. The summed E-state index contributed by atoms with van der Waals surface area (Å²) in [5.74, 6) is 0.145. The maximum absolute atomic E-state index is 14.0. The molecule has 0 amide bonds. The van der Waals surface area contributed by atoms with E-state index in [2.05, 4.69) is 0 Å². The summed E-state index contributed by atoms with van der Waals surface area (Å²) in [5, 5.41) is 6.67. The maximum Gasteiger partial charge on any atom is 0.214 e. The van der Waals surface area contributed by atoms with Gasteiger partial charge in [0.2, 0.25) is 6.23 Å². The summed E-state index contributed by atoms with van der Waals surface area (Å²) in [7, 11) is 1.58. The topological polar surface area (TPSA) is 43.3 Å². The van der Waals surface area contributed by atoms with Gasteiger partial charge in [-0.2, -0.15) is 5.10 Å². The van der Waals surface area contributed by atoms with Crippen molar-refractivity contribution < 1.29 is 23.0 Å². The zero-order valence-electron chi connectivity index (χ0n) is 17.7. The molecule has 0 spiro atoms. The Hall–Kier alpha value is -3.61. The number of ether oxygens (including phenoxy) is 3. The Morgan fingerprint density at radius 1 is 1.06 bits per heavy atom. The van der Waals surface area contributed by atoms with Gasteiger partial charge in [0, 0.05) is 17.5 Å². The molecule has 164 valence electrons. The first-order valence-corrected chi connectivity index (χ1v) is 10.5. The van der Waals surface area contributed by atoms with Crippen LogP contribution in [0.25, 0.3) is 0 Å². The van der Waals surface area contributed by atoms with Crippen molar-refractivity contribution in [3.05, 3.63) is 89.0 Å². The molecule has 3 aromatic rings. The second-order valence-corrected chi connectivity index (χ2v) is 7.63.